The average Bonchev–Trinajstić information content (AvgIpc) is 3.46. The molecule has 0 unspecified atom stereocenters. The third kappa shape index (κ3) is 6.95. The summed E-state index contributed by atoms with van der Waals surface area (Å²) < 4.78 is 6.66. The zero-order valence-corrected chi connectivity index (χ0v) is 31.6. The smallest absolute Gasteiger partial charge is 0.129 e. The summed E-state index contributed by atoms with van der Waals surface area (Å²) in [5, 5.41) is 7.02. The molecule has 247 valence electrons. The number of hydrogen-bond donors (Lipinski definition) is 0. The molecule has 0 aliphatic carbocycles. The zero-order valence-electron chi connectivity index (χ0n) is 29.2. The van der Waals surface area contributed by atoms with E-state index in [9.17, 15) is 0 Å². The van der Waals surface area contributed by atoms with Crippen molar-refractivity contribution in [2.45, 2.75) is 54.9 Å². The topological polar surface area (TPSA) is 38.9 Å². The summed E-state index contributed by atoms with van der Waals surface area (Å²) in [7, 11) is 0. The van der Waals surface area contributed by atoms with E-state index in [1.807, 2.05) is 24.5 Å². The van der Waals surface area contributed by atoms with Gasteiger partial charge in [-0.15, -0.1) is 53.6 Å². The van der Waals surface area contributed by atoms with Crippen LogP contribution in [0.15, 0.2) is 108 Å². The van der Waals surface area contributed by atoms with Crippen LogP contribution in [0.4, 0.5) is 0 Å². The SMILES string of the molecule is Cc1c[c-]c(-c2cc(C)c(C)cn2)cc1.Cc1cnc(-c2[c-]ccc3c2oc2c3ccc3ccc4ccccc4c32)cc1CC(C)(C)C.[Ir]. The van der Waals surface area contributed by atoms with E-state index in [2.05, 4.69) is 144 Å². The van der Waals surface area contributed by atoms with Gasteiger partial charge in [0.25, 0.3) is 0 Å². The average molecular weight is 817 g/mol. The Morgan fingerprint density at radius 1 is 0.653 bits per heavy atom. The number of fused-ring (bicyclic) bond motifs is 7. The minimum atomic E-state index is 0. The number of aromatic nitrogens is 2. The van der Waals surface area contributed by atoms with E-state index < -0.39 is 0 Å². The van der Waals surface area contributed by atoms with E-state index >= 15 is 0 Å². The molecule has 8 rings (SSSR count). The van der Waals surface area contributed by atoms with E-state index in [0.717, 1.165) is 56.3 Å². The molecule has 5 aromatic carbocycles. The molecular formula is C45H40IrN2O-2. The Kier molecular flexibility index (Phi) is 9.58. The standard InChI is InChI=1S/C31H26NO.C14H14N.Ir/c1-19-18-32-27(16-22(19)17-31(2,3)4)26-11-7-10-24-25-15-14-21-13-12-20-8-5-6-9-23(20)28(21)30(25)33-29(24)26;1-10-4-6-13(7-5-10)14-8-11(2)12(3)9-15-14;/h5-10,12-16,18H,17H2,1-4H3;4-6,8-9H,1-3H3;/q2*-1;. The molecular weight excluding hydrogens is 777 g/mol. The van der Waals surface area contributed by atoms with Crippen molar-refractivity contribution >= 4 is 43.5 Å². The molecule has 49 heavy (non-hydrogen) atoms. The summed E-state index contributed by atoms with van der Waals surface area (Å²) in [6, 6.07) is 38.5. The minimum Gasteiger partial charge on any atom is -0.500 e. The summed E-state index contributed by atoms with van der Waals surface area (Å²) in [6.45, 7) is 15.2. The monoisotopic (exact) mass is 817 g/mol. The van der Waals surface area contributed by atoms with Crippen LogP contribution in [0.3, 0.4) is 0 Å². The van der Waals surface area contributed by atoms with Crippen molar-refractivity contribution in [3.05, 3.63) is 143 Å². The molecule has 3 aromatic heterocycles. The fraction of sp³-hybridized carbons (Fsp3) is 0.200. The molecule has 3 heterocycles. The van der Waals surface area contributed by atoms with Crippen molar-refractivity contribution in [3.8, 4) is 22.5 Å². The molecule has 0 amide bonds. The minimum absolute atomic E-state index is 0. The van der Waals surface area contributed by atoms with Crippen molar-refractivity contribution in [1.29, 1.82) is 0 Å². The molecule has 0 bridgehead atoms. The number of benzene rings is 5. The van der Waals surface area contributed by atoms with Crippen molar-refractivity contribution in [2.24, 2.45) is 5.41 Å². The maximum absolute atomic E-state index is 6.66. The van der Waals surface area contributed by atoms with Gasteiger partial charge in [0, 0.05) is 43.3 Å². The Bertz CT molecular complexity index is 2450. The van der Waals surface area contributed by atoms with Crippen LogP contribution in [0.5, 0.6) is 0 Å². The van der Waals surface area contributed by atoms with Gasteiger partial charge in [-0.1, -0.05) is 110 Å². The molecule has 0 aliphatic heterocycles. The fourth-order valence-corrected chi connectivity index (χ4v) is 6.37. The normalized spacial score (nSPS) is 11.5. The first-order valence-electron chi connectivity index (χ1n) is 16.6. The van der Waals surface area contributed by atoms with Crippen molar-refractivity contribution in [1.82, 2.24) is 9.97 Å². The quantitative estimate of drug-likeness (QED) is 0.132. The van der Waals surface area contributed by atoms with E-state index in [1.54, 1.807) is 0 Å². The van der Waals surface area contributed by atoms with Crippen LogP contribution in [0.2, 0.25) is 0 Å². The van der Waals surface area contributed by atoms with Crippen molar-refractivity contribution in [3.63, 3.8) is 0 Å². The fourth-order valence-electron chi connectivity index (χ4n) is 6.37. The second kappa shape index (κ2) is 13.7. The zero-order chi connectivity index (χ0) is 33.6. The van der Waals surface area contributed by atoms with Gasteiger partial charge in [0.15, 0.2) is 0 Å². The van der Waals surface area contributed by atoms with Crippen LogP contribution in [-0.2, 0) is 26.5 Å². The molecule has 4 heteroatoms. The van der Waals surface area contributed by atoms with Crippen LogP contribution < -0.4 is 0 Å². The maximum atomic E-state index is 6.66. The van der Waals surface area contributed by atoms with Gasteiger partial charge in [-0.05, 0) is 71.3 Å². The molecule has 0 N–H and O–H groups in total. The maximum Gasteiger partial charge on any atom is 0.129 e. The summed E-state index contributed by atoms with van der Waals surface area (Å²) in [5.74, 6) is 0. The molecule has 0 aliphatic rings. The first-order chi connectivity index (χ1) is 23.1. The molecule has 0 saturated heterocycles. The van der Waals surface area contributed by atoms with E-state index in [4.69, 9.17) is 9.40 Å². The largest absolute Gasteiger partial charge is 0.500 e. The van der Waals surface area contributed by atoms with Gasteiger partial charge < -0.3 is 14.4 Å². The van der Waals surface area contributed by atoms with Gasteiger partial charge >= 0.3 is 0 Å². The Morgan fingerprint density at radius 3 is 2.12 bits per heavy atom. The number of pyridine rings is 2. The molecule has 3 nitrogen and oxygen atoms in total. The van der Waals surface area contributed by atoms with Gasteiger partial charge in [-0.25, -0.2) is 0 Å². The summed E-state index contributed by atoms with van der Waals surface area (Å²) in [4.78, 5) is 9.19. The second-order valence-electron chi connectivity index (χ2n) is 14.2. The van der Waals surface area contributed by atoms with Crippen LogP contribution in [-0.4, -0.2) is 9.97 Å². The van der Waals surface area contributed by atoms with Crippen LogP contribution in [0.1, 0.15) is 48.6 Å². The van der Waals surface area contributed by atoms with Crippen molar-refractivity contribution in [2.75, 3.05) is 0 Å². The van der Waals surface area contributed by atoms with Gasteiger partial charge in [0.2, 0.25) is 0 Å². The number of furan rings is 1. The first kappa shape index (κ1) is 34.2. The molecule has 0 spiro atoms. The predicted molar refractivity (Wildman–Crippen MR) is 201 cm³/mol. The van der Waals surface area contributed by atoms with E-state index in [1.165, 1.54) is 44.0 Å². The summed E-state index contributed by atoms with van der Waals surface area (Å²) in [6.07, 6.45) is 4.90. The number of rotatable bonds is 3. The molecule has 1 radical (unpaired) electrons. The van der Waals surface area contributed by atoms with E-state index in [0.29, 0.717) is 0 Å². The Balaban J connectivity index is 0.000000220. The van der Waals surface area contributed by atoms with Gasteiger partial charge in [0.1, 0.15) is 5.58 Å². The number of nitrogens with zero attached hydrogens (tertiary/aromatic N) is 2. The number of hydrogen-bond acceptors (Lipinski definition) is 3. The van der Waals surface area contributed by atoms with Gasteiger partial charge in [-0.3, -0.25) is 0 Å². The first-order valence-corrected chi connectivity index (χ1v) is 16.6. The summed E-state index contributed by atoms with van der Waals surface area (Å²) >= 11 is 0. The van der Waals surface area contributed by atoms with E-state index in [-0.39, 0.29) is 25.5 Å². The second-order valence-corrected chi connectivity index (χ2v) is 14.2. The van der Waals surface area contributed by atoms with Gasteiger partial charge in [0.05, 0.1) is 5.58 Å². The summed E-state index contributed by atoms with van der Waals surface area (Å²) in [5.41, 5.74) is 12.2. The Hall–Kier alpha value is -4.63. The molecule has 0 atom stereocenters. The van der Waals surface area contributed by atoms with Crippen LogP contribution in [0.25, 0.3) is 66.0 Å². The third-order valence-electron chi connectivity index (χ3n) is 9.11. The molecule has 0 saturated carbocycles. The Morgan fingerprint density at radius 2 is 1.37 bits per heavy atom. The molecule has 8 aromatic rings. The van der Waals surface area contributed by atoms with Crippen LogP contribution >= 0.6 is 0 Å². The molecule has 0 fully saturated rings. The Labute approximate surface area is 302 Å². The third-order valence-corrected chi connectivity index (χ3v) is 9.11. The predicted octanol–water partition coefficient (Wildman–Crippen LogP) is 12.1. The number of aryl methyl sites for hydroxylation is 4. The van der Waals surface area contributed by atoms with Crippen LogP contribution in [0, 0.1) is 45.2 Å². The van der Waals surface area contributed by atoms with Crippen molar-refractivity contribution < 1.29 is 24.5 Å². The van der Waals surface area contributed by atoms with Gasteiger partial charge in [-0.2, -0.15) is 0 Å².